The van der Waals surface area contributed by atoms with Crippen LogP contribution in [0.3, 0.4) is 0 Å². The SMILES string of the molecule is Cc1nc2ccccc2n1C1C[C@H]2CC[C@@H](C1)N2CCC1(c2ccccc2)CCN(C(=O)C(C)(C)C2CCCCC2)CC1. The first-order valence-electron chi connectivity index (χ1n) is 17.4. The lowest BCUT2D eigenvalue weighted by Gasteiger charge is -2.47. The number of amides is 1. The van der Waals surface area contributed by atoms with Crippen molar-refractivity contribution in [3.8, 4) is 0 Å². The molecule has 2 bridgehead atoms. The second-order valence-corrected chi connectivity index (χ2v) is 15.0. The predicted molar refractivity (Wildman–Crippen MR) is 175 cm³/mol. The number of hydrogen-bond donors (Lipinski definition) is 0. The van der Waals surface area contributed by atoms with E-state index < -0.39 is 0 Å². The molecule has 5 nitrogen and oxygen atoms in total. The molecule has 3 aliphatic heterocycles. The molecule has 1 saturated carbocycles. The Morgan fingerprint density at radius 2 is 1.51 bits per heavy atom. The van der Waals surface area contributed by atoms with Crippen molar-refractivity contribution in [1.82, 2.24) is 19.4 Å². The highest BCUT2D eigenvalue weighted by Crippen LogP contribution is 2.46. The summed E-state index contributed by atoms with van der Waals surface area (Å²) in [5.41, 5.74) is 3.83. The monoisotopic (exact) mass is 580 g/mol. The van der Waals surface area contributed by atoms with Crippen molar-refractivity contribution >= 4 is 16.9 Å². The van der Waals surface area contributed by atoms with Gasteiger partial charge in [-0.05, 0) is 100 Å². The van der Waals surface area contributed by atoms with E-state index in [0.717, 1.165) is 37.3 Å². The lowest BCUT2D eigenvalue weighted by atomic mass is 9.68. The summed E-state index contributed by atoms with van der Waals surface area (Å²) < 4.78 is 2.55. The van der Waals surface area contributed by atoms with E-state index in [0.29, 0.717) is 30.0 Å². The van der Waals surface area contributed by atoms with Crippen LogP contribution in [0.2, 0.25) is 0 Å². The zero-order valence-corrected chi connectivity index (χ0v) is 26.8. The molecule has 3 aromatic rings. The fourth-order valence-corrected chi connectivity index (χ4v) is 9.81. The van der Waals surface area contributed by atoms with Crippen molar-refractivity contribution in [2.75, 3.05) is 19.6 Å². The molecule has 0 radical (unpaired) electrons. The molecule has 4 aliphatic rings. The highest BCUT2D eigenvalue weighted by molar-refractivity contribution is 5.82. The van der Waals surface area contributed by atoms with Crippen LogP contribution in [0, 0.1) is 18.3 Å². The topological polar surface area (TPSA) is 41.4 Å². The summed E-state index contributed by atoms with van der Waals surface area (Å²) in [5, 5.41) is 0. The second-order valence-electron chi connectivity index (χ2n) is 15.0. The van der Waals surface area contributed by atoms with Gasteiger partial charge in [0.05, 0.1) is 11.0 Å². The molecule has 3 saturated heterocycles. The van der Waals surface area contributed by atoms with Crippen LogP contribution in [0.15, 0.2) is 54.6 Å². The molecule has 0 N–H and O–H groups in total. The number of likely N-dealkylation sites (tertiary alicyclic amines) is 1. The van der Waals surface area contributed by atoms with E-state index >= 15 is 0 Å². The molecule has 43 heavy (non-hydrogen) atoms. The number of rotatable bonds is 7. The third-order valence-electron chi connectivity index (χ3n) is 12.4. The van der Waals surface area contributed by atoms with Crippen molar-refractivity contribution in [2.45, 2.75) is 121 Å². The third-order valence-corrected chi connectivity index (χ3v) is 12.4. The zero-order valence-electron chi connectivity index (χ0n) is 26.8. The van der Waals surface area contributed by atoms with Gasteiger partial charge in [-0.3, -0.25) is 9.69 Å². The second kappa shape index (κ2) is 11.7. The quantitative estimate of drug-likeness (QED) is 0.284. The Hall–Kier alpha value is -2.66. The third kappa shape index (κ3) is 5.34. The van der Waals surface area contributed by atoms with E-state index in [1.165, 1.54) is 81.8 Å². The molecule has 4 fully saturated rings. The van der Waals surface area contributed by atoms with Gasteiger partial charge in [0.25, 0.3) is 0 Å². The van der Waals surface area contributed by atoms with Crippen LogP contribution in [0.4, 0.5) is 0 Å². The van der Waals surface area contributed by atoms with Crippen LogP contribution in [0.5, 0.6) is 0 Å². The first-order valence-corrected chi connectivity index (χ1v) is 17.4. The number of benzene rings is 2. The smallest absolute Gasteiger partial charge is 0.228 e. The first kappa shape index (κ1) is 29.1. The van der Waals surface area contributed by atoms with E-state index in [-0.39, 0.29) is 10.8 Å². The molecule has 5 heteroatoms. The number of fused-ring (bicyclic) bond motifs is 3. The minimum Gasteiger partial charge on any atom is -0.342 e. The summed E-state index contributed by atoms with van der Waals surface area (Å²) in [6, 6.07) is 21.8. The summed E-state index contributed by atoms with van der Waals surface area (Å²) in [6.45, 7) is 9.61. The first-order chi connectivity index (χ1) is 20.9. The summed E-state index contributed by atoms with van der Waals surface area (Å²) in [4.78, 5) is 23.9. The number of carbonyl (C=O) groups is 1. The van der Waals surface area contributed by atoms with E-state index in [1.54, 1.807) is 0 Å². The van der Waals surface area contributed by atoms with Gasteiger partial charge in [-0.15, -0.1) is 0 Å². The van der Waals surface area contributed by atoms with Gasteiger partial charge in [-0.2, -0.15) is 0 Å². The van der Waals surface area contributed by atoms with Gasteiger partial charge in [-0.25, -0.2) is 4.98 Å². The van der Waals surface area contributed by atoms with Gasteiger partial charge in [0, 0.05) is 36.6 Å². The van der Waals surface area contributed by atoms with Gasteiger partial charge in [-0.1, -0.05) is 75.6 Å². The molecule has 4 heterocycles. The van der Waals surface area contributed by atoms with Crippen LogP contribution in [0.25, 0.3) is 11.0 Å². The Labute approximate surface area is 259 Å². The van der Waals surface area contributed by atoms with E-state index in [1.807, 2.05) is 0 Å². The molecule has 1 aliphatic carbocycles. The summed E-state index contributed by atoms with van der Waals surface area (Å²) in [6.07, 6.45) is 14.8. The lowest BCUT2D eigenvalue weighted by molar-refractivity contribution is -0.146. The number of carbonyl (C=O) groups excluding carboxylic acids is 1. The highest BCUT2D eigenvalue weighted by Gasteiger charge is 2.46. The Bertz CT molecular complexity index is 1400. The molecule has 230 valence electrons. The fourth-order valence-electron chi connectivity index (χ4n) is 9.81. The number of hydrogen-bond acceptors (Lipinski definition) is 3. The molecule has 1 amide bonds. The summed E-state index contributed by atoms with van der Waals surface area (Å²) in [5.74, 6) is 2.11. The summed E-state index contributed by atoms with van der Waals surface area (Å²) >= 11 is 0. The number of aromatic nitrogens is 2. The fraction of sp³-hybridized carbons (Fsp3) is 0.632. The van der Waals surface area contributed by atoms with Gasteiger partial charge in [0.2, 0.25) is 5.91 Å². The molecule has 0 spiro atoms. The standard InChI is InChI=1S/C38H52N4O/c1-28-39-34-16-10-11-17-35(34)42(28)33-26-31-18-19-32(27-33)41(31)25-22-38(30-14-8-5-9-15-30)20-23-40(24-21-38)36(43)37(2,3)29-12-6-4-7-13-29/h5,8-11,14-17,29,31-33H,4,6-7,12-13,18-27H2,1-3H3/t31-,32+,33?. The maximum Gasteiger partial charge on any atom is 0.228 e. The van der Waals surface area contributed by atoms with Gasteiger partial charge >= 0.3 is 0 Å². The molecule has 1 unspecified atom stereocenters. The van der Waals surface area contributed by atoms with Crippen molar-refractivity contribution < 1.29 is 4.79 Å². The average Bonchev–Trinajstić information content (AvgIpc) is 3.51. The predicted octanol–water partition coefficient (Wildman–Crippen LogP) is 8.07. The minimum absolute atomic E-state index is 0.153. The van der Waals surface area contributed by atoms with Crippen LogP contribution in [-0.4, -0.2) is 57.0 Å². The van der Waals surface area contributed by atoms with E-state index in [4.69, 9.17) is 4.98 Å². The summed E-state index contributed by atoms with van der Waals surface area (Å²) in [7, 11) is 0. The normalized spacial score (nSPS) is 26.7. The lowest BCUT2D eigenvalue weighted by Crippen LogP contribution is -2.52. The van der Waals surface area contributed by atoms with Crippen molar-refractivity contribution in [1.29, 1.82) is 0 Å². The molecule has 3 atom stereocenters. The highest BCUT2D eigenvalue weighted by atomic mass is 16.2. The Morgan fingerprint density at radius 3 is 2.21 bits per heavy atom. The molecular weight excluding hydrogens is 528 g/mol. The van der Waals surface area contributed by atoms with Crippen molar-refractivity contribution in [2.24, 2.45) is 11.3 Å². The number of imidazole rings is 1. The number of aryl methyl sites for hydroxylation is 1. The Balaban J connectivity index is 1.04. The number of para-hydroxylation sites is 2. The Kier molecular flexibility index (Phi) is 7.90. The Morgan fingerprint density at radius 1 is 0.860 bits per heavy atom. The van der Waals surface area contributed by atoms with Gasteiger partial charge < -0.3 is 9.47 Å². The van der Waals surface area contributed by atoms with Gasteiger partial charge in [0.15, 0.2) is 0 Å². The van der Waals surface area contributed by atoms with Crippen LogP contribution < -0.4 is 0 Å². The minimum atomic E-state index is -0.240. The van der Waals surface area contributed by atoms with Crippen LogP contribution in [0.1, 0.15) is 108 Å². The van der Waals surface area contributed by atoms with E-state index in [9.17, 15) is 4.79 Å². The van der Waals surface area contributed by atoms with Gasteiger partial charge in [0.1, 0.15) is 5.82 Å². The molecule has 1 aromatic heterocycles. The number of piperidine rings is 2. The molecule has 2 aromatic carbocycles. The largest absolute Gasteiger partial charge is 0.342 e. The average molecular weight is 581 g/mol. The maximum absolute atomic E-state index is 13.9. The van der Waals surface area contributed by atoms with Crippen LogP contribution >= 0.6 is 0 Å². The maximum atomic E-state index is 13.9. The van der Waals surface area contributed by atoms with E-state index in [2.05, 4.69) is 89.7 Å². The van der Waals surface area contributed by atoms with Crippen LogP contribution in [-0.2, 0) is 10.2 Å². The van der Waals surface area contributed by atoms with Crippen molar-refractivity contribution in [3.05, 3.63) is 66.0 Å². The molecular formula is C38H52N4O. The molecule has 7 rings (SSSR count). The van der Waals surface area contributed by atoms with Crippen molar-refractivity contribution in [3.63, 3.8) is 0 Å². The number of nitrogens with zero attached hydrogens (tertiary/aromatic N) is 4. The zero-order chi connectivity index (χ0) is 29.6.